The van der Waals surface area contributed by atoms with Crippen molar-refractivity contribution in [3.63, 3.8) is 0 Å². The van der Waals surface area contributed by atoms with Crippen LogP contribution in [-0.2, 0) is 22.6 Å². The molecule has 1 aromatic rings. The van der Waals surface area contributed by atoms with Gasteiger partial charge < -0.3 is 25.4 Å². The van der Waals surface area contributed by atoms with E-state index in [-0.39, 0.29) is 37.3 Å². The molecule has 0 aromatic heterocycles. The number of fused-ring (bicyclic) bond motifs is 1. The first kappa shape index (κ1) is 21.1. The normalized spacial score (nSPS) is 12.7. The second kappa shape index (κ2) is 10.1. The molecule has 0 aliphatic carbocycles. The highest BCUT2D eigenvalue weighted by Gasteiger charge is 2.23. The number of rotatable bonds is 7. The Balaban J connectivity index is 0.00000312. The molecule has 8 heteroatoms. The number of halogens is 1. The zero-order valence-electron chi connectivity index (χ0n) is 14.7. The molecule has 2 amide bonds. The minimum Gasteiger partial charge on any atom is -0.490 e. The lowest BCUT2D eigenvalue weighted by Crippen LogP contribution is -2.43. The third-order valence-corrected chi connectivity index (χ3v) is 3.85. The fourth-order valence-electron chi connectivity index (χ4n) is 2.67. The second-order valence-electron chi connectivity index (χ2n) is 5.48. The number of hydrogen-bond acceptors (Lipinski definition) is 5. The van der Waals surface area contributed by atoms with E-state index in [4.69, 9.17) is 15.2 Å². The van der Waals surface area contributed by atoms with Crippen molar-refractivity contribution in [3.05, 3.63) is 23.3 Å². The van der Waals surface area contributed by atoms with Crippen LogP contribution in [0.25, 0.3) is 0 Å². The lowest BCUT2D eigenvalue weighted by molar-refractivity contribution is -0.133. The standard InChI is InChI=1S/C17H25N3O4.ClH/c1-3-23-14-7-12-5-6-20(17(22)10-19-16(21)9-18)11-13(12)8-15(14)24-4-2;/h7-8H,3-6,9-11,18H2,1-2H3,(H,19,21);1H. The maximum absolute atomic E-state index is 12.2. The van der Waals surface area contributed by atoms with Crippen LogP contribution in [0.1, 0.15) is 25.0 Å². The van der Waals surface area contributed by atoms with Crippen molar-refractivity contribution in [3.8, 4) is 11.5 Å². The van der Waals surface area contributed by atoms with Crippen molar-refractivity contribution in [1.29, 1.82) is 0 Å². The Bertz CT molecular complexity index is 610. The smallest absolute Gasteiger partial charge is 0.242 e. The van der Waals surface area contributed by atoms with Crippen LogP contribution < -0.4 is 20.5 Å². The third-order valence-electron chi connectivity index (χ3n) is 3.85. The van der Waals surface area contributed by atoms with E-state index in [2.05, 4.69) is 5.32 Å². The van der Waals surface area contributed by atoms with Crippen LogP contribution in [-0.4, -0.2) is 49.6 Å². The van der Waals surface area contributed by atoms with Gasteiger partial charge in [0, 0.05) is 13.1 Å². The van der Waals surface area contributed by atoms with E-state index in [0.717, 1.165) is 23.3 Å². The van der Waals surface area contributed by atoms with Crippen LogP contribution in [0.5, 0.6) is 11.5 Å². The molecule has 0 saturated heterocycles. The van der Waals surface area contributed by atoms with E-state index >= 15 is 0 Å². The first-order chi connectivity index (χ1) is 11.6. The molecule has 3 N–H and O–H groups in total. The summed E-state index contributed by atoms with van der Waals surface area (Å²) >= 11 is 0. The summed E-state index contributed by atoms with van der Waals surface area (Å²) in [5.74, 6) is 0.993. The first-order valence-electron chi connectivity index (χ1n) is 8.24. The van der Waals surface area contributed by atoms with Gasteiger partial charge in [0.05, 0.1) is 26.3 Å². The van der Waals surface area contributed by atoms with Gasteiger partial charge in [0.1, 0.15) is 0 Å². The van der Waals surface area contributed by atoms with Crippen molar-refractivity contribution in [2.24, 2.45) is 5.73 Å². The fraction of sp³-hybridized carbons (Fsp3) is 0.529. The highest BCUT2D eigenvalue weighted by atomic mass is 35.5. The number of nitrogens with two attached hydrogens (primary N) is 1. The Kier molecular flexibility index (Phi) is 8.51. The lowest BCUT2D eigenvalue weighted by Gasteiger charge is -2.30. The summed E-state index contributed by atoms with van der Waals surface area (Å²) in [4.78, 5) is 25.1. The maximum Gasteiger partial charge on any atom is 0.242 e. The third kappa shape index (κ3) is 5.51. The number of ether oxygens (including phenoxy) is 2. The molecule has 2 rings (SSSR count). The first-order valence-corrected chi connectivity index (χ1v) is 8.24. The summed E-state index contributed by atoms with van der Waals surface area (Å²) in [7, 11) is 0. The molecular weight excluding hydrogens is 346 g/mol. The van der Waals surface area contributed by atoms with Crippen molar-refractivity contribution >= 4 is 24.2 Å². The second-order valence-corrected chi connectivity index (χ2v) is 5.48. The van der Waals surface area contributed by atoms with Crippen LogP contribution in [0, 0.1) is 0 Å². The predicted octanol–water partition coefficient (Wildman–Crippen LogP) is 0.865. The Labute approximate surface area is 154 Å². The zero-order chi connectivity index (χ0) is 17.5. The number of carbonyl (C=O) groups excluding carboxylic acids is 2. The summed E-state index contributed by atoms with van der Waals surface area (Å²) in [6, 6.07) is 3.95. The minimum atomic E-state index is -0.333. The number of nitrogens with one attached hydrogen (secondary N) is 1. The van der Waals surface area contributed by atoms with Crippen LogP contribution in [0.2, 0.25) is 0 Å². The van der Waals surface area contributed by atoms with Gasteiger partial charge in [-0.25, -0.2) is 0 Å². The largest absolute Gasteiger partial charge is 0.490 e. The molecule has 7 nitrogen and oxygen atoms in total. The molecule has 0 bridgehead atoms. The van der Waals surface area contributed by atoms with Crippen LogP contribution in [0.3, 0.4) is 0 Å². The molecule has 25 heavy (non-hydrogen) atoms. The molecule has 1 heterocycles. The van der Waals surface area contributed by atoms with Crippen molar-refractivity contribution < 1.29 is 19.1 Å². The van der Waals surface area contributed by atoms with Gasteiger partial charge >= 0.3 is 0 Å². The van der Waals surface area contributed by atoms with Gasteiger partial charge in [0.15, 0.2) is 11.5 Å². The van der Waals surface area contributed by atoms with Crippen LogP contribution in [0.4, 0.5) is 0 Å². The molecule has 0 spiro atoms. The summed E-state index contributed by atoms with van der Waals surface area (Å²) in [6.45, 7) is 5.95. The molecule has 1 aliphatic heterocycles. The number of carbonyl (C=O) groups is 2. The Hall–Kier alpha value is -1.99. The van der Waals surface area contributed by atoms with Gasteiger partial charge in [-0.15, -0.1) is 12.4 Å². The maximum atomic E-state index is 12.2. The molecule has 0 radical (unpaired) electrons. The highest BCUT2D eigenvalue weighted by molar-refractivity contribution is 5.86. The molecule has 0 atom stereocenters. The van der Waals surface area contributed by atoms with Crippen molar-refractivity contribution in [1.82, 2.24) is 10.2 Å². The van der Waals surface area contributed by atoms with E-state index in [1.807, 2.05) is 26.0 Å². The fourth-order valence-corrected chi connectivity index (χ4v) is 2.67. The van der Waals surface area contributed by atoms with Gasteiger partial charge in [-0.1, -0.05) is 0 Å². The van der Waals surface area contributed by atoms with Gasteiger partial charge in [-0.3, -0.25) is 9.59 Å². The van der Waals surface area contributed by atoms with Crippen molar-refractivity contribution in [2.75, 3.05) is 32.8 Å². The topological polar surface area (TPSA) is 93.9 Å². The summed E-state index contributed by atoms with van der Waals surface area (Å²) in [5, 5.41) is 2.51. The molecule has 0 fully saturated rings. The lowest BCUT2D eigenvalue weighted by atomic mass is 9.98. The average molecular weight is 372 g/mol. The monoisotopic (exact) mass is 371 g/mol. The average Bonchev–Trinajstić information content (AvgIpc) is 2.59. The Morgan fingerprint density at radius 3 is 2.32 bits per heavy atom. The van der Waals surface area contributed by atoms with Gasteiger partial charge in [-0.2, -0.15) is 0 Å². The van der Waals surface area contributed by atoms with E-state index in [1.165, 1.54) is 0 Å². The van der Waals surface area contributed by atoms with Crippen molar-refractivity contribution in [2.45, 2.75) is 26.8 Å². The summed E-state index contributed by atoms with van der Waals surface area (Å²) < 4.78 is 11.3. The molecule has 0 saturated carbocycles. The van der Waals surface area contributed by atoms with E-state index in [1.54, 1.807) is 4.90 Å². The number of hydrogen-bond donors (Lipinski definition) is 2. The Morgan fingerprint density at radius 1 is 1.16 bits per heavy atom. The quantitative estimate of drug-likeness (QED) is 0.741. The van der Waals surface area contributed by atoms with Gasteiger partial charge in [0.25, 0.3) is 0 Å². The number of amides is 2. The van der Waals surface area contributed by atoms with E-state index in [9.17, 15) is 9.59 Å². The minimum absolute atomic E-state index is 0. The van der Waals surface area contributed by atoms with Gasteiger partial charge in [-0.05, 0) is 43.5 Å². The zero-order valence-corrected chi connectivity index (χ0v) is 15.5. The molecule has 1 aromatic carbocycles. The van der Waals surface area contributed by atoms with E-state index < -0.39 is 0 Å². The highest BCUT2D eigenvalue weighted by Crippen LogP contribution is 2.33. The van der Waals surface area contributed by atoms with Gasteiger partial charge in [0.2, 0.25) is 11.8 Å². The number of nitrogens with zero attached hydrogens (tertiary/aromatic N) is 1. The molecule has 140 valence electrons. The Morgan fingerprint density at radius 2 is 1.76 bits per heavy atom. The van der Waals surface area contributed by atoms with Crippen LogP contribution in [0.15, 0.2) is 12.1 Å². The van der Waals surface area contributed by atoms with Crippen LogP contribution >= 0.6 is 12.4 Å². The summed E-state index contributed by atoms with van der Waals surface area (Å²) in [5.41, 5.74) is 7.43. The molecule has 1 aliphatic rings. The number of benzene rings is 1. The molecular formula is C17H26ClN3O4. The molecule has 0 unspecified atom stereocenters. The summed E-state index contributed by atoms with van der Waals surface area (Å²) in [6.07, 6.45) is 0.748. The van der Waals surface area contributed by atoms with E-state index in [0.29, 0.717) is 32.1 Å². The predicted molar refractivity (Wildman–Crippen MR) is 97.2 cm³/mol. The SMILES string of the molecule is CCOc1cc2c(cc1OCC)CN(C(=O)CNC(=O)CN)CC2.Cl.